The summed E-state index contributed by atoms with van der Waals surface area (Å²) in [6.07, 6.45) is 8.07. The zero-order valence-corrected chi connectivity index (χ0v) is 18.1. The number of fused-ring (bicyclic) bond motifs is 1. The third-order valence-corrected chi connectivity index (χ3v) is 6.11. The van der Waals surface area contributed by atoms with Gasteiger partial charge in [-0.05, 0) is 61.2 Å². The highest BCUT2D eigenvalue weighted by molar-refractivity contribution is 7.71. The van der Waals surface area contributed by atoms with Gasteiger partial charge in [0.25, 0.3) is 0 Å². The molecule has 1 aliphatic carbocycles. The summed E-state index contributed by atoms with van der Waals surface area (Å²) in [4.78, 5) is 6.69. The van der Waals surface area contributed by atoms with Gasteiger partial charge in [-0.15, -0.1) is 0 Å². The van der Waals surface area contributed by atoms with Crippen molar-refractivity contribution in [1.82, 2.24) is 24.2 Å². The van der Waals surface area contributed by atoms with Gasteiger partial charge in [-0.3, -0.25) is 14.5 Å². The molecule has 0 radical (unpaired) electrons. The maximum absolute atomic E-state index is 5.85. The van der Waals surface area contributed by atoms with E-state index in [1.807, 2.05) is 29.2 Å². The largest absolute Gasteiger partial charge is 0.300 e. The van der Waals surface area contributed by atoms with Crippen LogP contribution in [0.3, 0.4) is 0 Å². The van der Waals surface area contributed by atoms with E-state index < -0.39 is 0 Å². The van der Waals surface area contributed by atoms with Crippen molar-refractivity contribution >= 4 is 12.2 Å². The van der Waals surface area contributed by atoms with Crippen LogP contribution in [0, 0.1) is 4.77 Å². The molecule has 0 unspecified atom stereocenters. The Labute approximate surface area is 178 Å². The molecule has 152 valence electrons. The first-order valence-electron chi connectivity index (χ1n) is 10.6. The number of hydrogen-bond donors (Lipinski definition) is 0. The molecule has 1 atom stereocenters. The quantitative estimate of drug-likeness (QED) is 0.479. The van der Waals surface area contributed by atoms with E-state index in [0.29, 0.717) is 6.04 Å². The highest BCUT2D eigenvalue weighted by atomic mass is 32.1. The summed E-state index contributed by atoms with van der Waals surface area (Å²) in [7, 11) is 0. The van der Waals surface area contributed by atoms with Gasteiger partial charge in [0.15, 0.2) is 10.6 Å². The summed E-state index contributed by atoms with van der Waals surface area (Å²) in [5, 5.41) is 4.95. The first kappa shape index (κ1) is 20.0. The predicted molar refractivity (Wildman–Crippen MR) is 119 cm³/mol. The van der Waals surface area contributed by atoms with Crippen molar-refractivity contribution in [3.63, 3.8) is 0 Å². The molecule has 0 saturated carbocycles. The highest BCUT2D eigenvalue weighted by Gasteiger charge is 2.28. The third kappa shape index (κ3) is 4.05. The molecule has 0 N–H and O–H groups in total. The van der Waals surface area contributed by atoms with Crippen molar-refractivity contribution < 1.29 is 0 Å². The number of nitrogens with zero attached hydrogens (tertiary/aromatic N) is 5. The van der Waals surface area contributed by atoms with E-state index in [-0.39, 0.29) is 0 Å². The first-order valence-corrected chi connectivity index (χ1v) is 11.0. The normalized spacial score (nSPS) is 15.8. The number of pyridine rings is 1. The molecule has 4 rings (SSSR count). The van der Waals surface area contributed by atoms with Gasteiger partial charge < -0.3 is 0 Å². The topological polar surface area (TPSA) is 38.9 Å². The second-order valence-electron chi connectivity index (χ2n) is 7.70. The molecule has 0 aliphatic heterocycles. The Bertz CT molecular complexity index is 1010. The van der Waals surface area contributed by atoms with Crippen LogP contribution in [0.25, 0.3) is 11.4 Å². The molecular weight excluding hydrogens is 378 g/mol. The summed E-state index contributed by atoms with van der Waals surface area (Å²) >= 11 is 5.85. The molecule has 29 heavy (non-hydrogen) atoms. The van der Waals surface area contributed by atoms with E-state index in [9.17, 15) is 0 Å². The number of benzene rings is 1. The van der Waals surface area contributed by atoms with E-state index in [0.717, 1.165) is 55.2 Å². The first-order chi connectivity index (χ1) is 14.2. The molecule has 2 heterocycles. The second-order valence-corrected chi connectivity index (χ2v) is 8.07. The number of aryl methyl sites for hydroxylation is 1. The summed E-state index contributed by atoms with van der Waals surface area (Å²) < 4.78 is 4.97. The maximum Gasteiger partial charge on any atom is 0.199 e. The fourth-order valence-electron chi connectivity index (χ4n) is 4.37. The Balaban J connectivity index is 1.68. The van der Waals surface area contributed by atoms with Crippen molar-refractivity contribution in [2.24, 2.45) is 0 Å². The van der Waals surface area contributed by atoms with Gasteiger partial charge >= 0.3 is 0 Å². The molecule has 0 bridgehead atoms. The fraction of sp³-hybridized carbons (Fsp3) is 0.435. The molecule has 0 saturated heterocycles. The molecule has 1 aliphatic rings. The van der Waals surface area contributed by atoms with Gasteiger partial charge in [0.1, 0.15) is 0 Å². The van der Waals surface area contributed by atoms with Crippen molar-refractivity contribution in [2.75, 3.05) is 6.54 Å². The maximum atomic E-state index is 5.85. The third-order valence-electron chi connectivity index (χ3n) is 5.68. The number of hydrogen-bond acceptors (Lipinski definition) is 4. The van der Waals surface area contributed by atoms with Crippen LogP contribution < -0.4 is 0 Å². The number of rotatable bonds is 8. The Kier molecular flexibility index (Phi) is 6.21. The smallest absolute Gasteiger partial charge is 0.199 e. The molecule has 0 fully saturated rings. The monoisotopic (exact) mass is 407 g/mol. The summed E-state index contributed by atoms with van der Waals surface area (Å²) in [6, 6.07) is 13.3. The zero-order valence-electron chi connectivity index (χ0n) is 17.3. The van der Waals surface area contributed by atoms with Gasteiger partial charge in [0, 0.05) is 37.1 Å². The van der Waals surface area contributed by atoms with Crippen molar-refractivity contribution in [1.29, 1.82) is 0 Å². The Morgan fingerprint density at radius 3 is 2.66 bits per heavy atom. The lowest BCUT2D eigenvalue weighted by Crippen LogP contribution is -2.31. The SMILES string of the molecule is CCCN(Cn1nc(-c2ccncc2)n(CCC)c1=S)[C@@H]1CCc2ccccc21. The van der Waals surface area contributed by atoms with Crippen LogP contribution in [0.15, 0.2) is 48.8 Å². The Morgan fingerprint density at radius 2 is 1.90 bits per heavy atom. The minimum Gasteiger partial charge on any atom is -0.300 e. The molecule has 3 aromatic rings. The van der Waals surface area contributed by atoms with Gasteiger partial charge in [-0.2, -0.15) is 5.10 Å². The lowest BCUT2D eigenvalue weighted by molar-refractivity contribution is 0.141. The van der Waals surface area contributed by atoms with E-state index in [4.69, 9.17) is 17.3 Å². The minimum atomic E-state index is 0.439. The zero-order chi connectivity index (χ0) is 20.2. The van der Waals surface area contributed by atoms with Gasteiger partial charge in [-0.25, -0.2) is 4.68 Å². The summed E-state index contributed by atoms with van der Waals surface area (Å²) in [5.41, 5.74) is 4.01. The minimum absolute atomic E-state index is 0.439. The lowest BCUT2D eigenvalue weighted by Gasteiger charge is -2.29. The standard InChI is InChI=1S/C23H29N5S/c1-3-15-26(21-10-9-18-7-5-6-8-20(18)21)17-28-23(29)27(16-4-2)22(25-28)19-11-13-24-14-12-19/h5-8,11-14,21H,3-4,9-10,15-17H2,1-2H3/t21-/m1/s1. The van der Waals surface area contributed by atoms with Crippen LogP contribution in [0.5, 0.6) is 0 Å². The summed E-state index contributed by atoms with van der Waals surface area (Å²) in [5.74, 6) is 0.933. The van der Waals surface area contributed by atoms with Crippen LogP contribution in [0.1, 0.15) is 50.3 Å². The number of aromatic nitrogens is 4. The van der Waals surface area contributed by atoms with Crippen LogP contribution in [0.4, 0.5) is 0 Å². The van der Waals surface area contributed by atoms with Crippen LogP contribution in [0.2, 0.25) is 0 Å². The Morgan fingerprint density at radius 1 is 1.10 bits per heavy atom. The van der Waals surface area contributed by atoms with Crippen LogP contribution in [-0.4, -0.2) is 30.8 Å². The van der Waals surface area contributed by atoms with E-state index in [1.165, 1.54) is 17.5 Å². The van der Waals surface area contributed by atoms with Crippen molar-refractivity contribution in [3.8, 4) is 11.4 Å². The van der Waals surface area contributed by atoms with Crippen molar-refractivity contribution in [3.05, 3.63) is 64.7 Å². The van der Waals surface area contributed by atoms with E-state index >= 15 is 0 Å². The Hall–Kier alpha value is -2.31. The second kappa shape index (κ2) is 9.01. The van der Waals surface area contributed by atoms with Gasteiger partial charge in [0.05, 0.1) is 6.67 Å². The highest BCUT2D eigenvalue weighted by Crippen LogP contribution is 2.36. The molecule has 1 aromatic carbocycles. The van der Waals surface area contributed by atoms with Gasteiger partial charge in [-0.1, -0.05) is 38.1 Å². The average molecular weight is 408 g/mol. The molecule has 2 aromatic heterocycles. The van der Waals surface area contributed by atoms with Crippen LogP contribution in [-0.2, 0) is 19.6 Å². The average Bonchev–Trinajstić information content (AvgIpc) is 3.31. The van der Waals surface area contributed by atoms with Crippen LogP contribution >= 0.6 is 12.2 Å². The van der Waals surface area contributed by atoms with E-state index in [2.05, 4.69) is 52.6 Å². The fourth-order valence-corrected chi connectivity index (χ4v) is 4.65. The molecule has 0 spiro atoms. The lowest BCUT2D eigenvalue weighted by atomic mass is 10.1. The molecule has 5 nitrogen and oxygen atoms in total. The molecule has 0 amide bonds. The summed E-state index contributed by atoms with van der Waals surface area (Å²) in [6.45, 7) is 7.04. The predicted octanol–water partition coefficient (Wildman–Crippen LogP) is 5.24. The molecule has 6 heteroatoms. The van der Waals surface area contributed by atoms with E-state index in [1.54, 1.807) is 0 Å². The molecular formula is C23H29N5S. The van der Waals surface area contributed by atoms with Gasteiger partial charge in [0.2, 0.25) is 0 Å². The van der Waals surface area contributed by atoms with Crippen molar-refractivity contribution in [2.45, 2.75) is 58.8 Å².